The zero-order chi connectivity index (χ0) is 9.97. The Bertz CT molecular complexity index is 306. The van der Waals surface area contributed by atoms with E-state index in [-0.39, 0.29) is 0 Å². The number of nitrogens with one attached hydrogen (secondary N) is 1. The summed E-state index contributed by atoms with van der Waals surface area (Å²) >= 11 is 0. The Morgan fingerprint density at radius 2 is 2.21 bits per heavy atom. The second-order valence-corrected chi connectivity index (χ2v) is 4.59. The second-order valence-electron chi connectivity index (χ2n) is 4.59. The summed E-state index contributed by atoms with van der Waals surface area (Å²) in [6, 6.07) is 8.89. The van der Waals surface area contributed by atoms with E-state index in [0.29, 0.717) is 0 Å². The summed E-state index contributed by atoms with van der Waals surface area (Å²) in [5.41, 5.74) is 2.87. The molecule has 2 rings (SSSR count). The lowest BCUT2D eigenvalue weighted by atomic mass is 9.91. The minimum atomic E-state index is 0.829. The van der Waals surface area contributed by atoms with Crippen LogP contribution in [0.15, 0.2) is 24.3 Å². The van der Waals surface area contributed by atoms with Crippen LogP contribution in [0.25, 0.3) is 0 Å². The molecule has 0 amide bonds. The van der Waals surface area contributed by atoms with Gasteiger partial charge in [0.05, 0.1) is 0 Å². The van der Waals surface area contributed by atoms with Crippen LogP contribution in [0, 0.1) is 18.8 Å². The number of hydrogen-bond acceptors (Lipinski definition) is 1. The smallest absolute Gasteiger partial charge is 0.00142 e. The van der Waals surface area contributed by atoms with Crippen molar-refractivity contribution in [1.29, 1.82) is 0 Å². The Hall–Kier alpha value is -0.820. The Labute approximate surface area is 86.5 Å². The van der Waals surface area contributed by atoms with Crippen LogP contribution in [-0.4, -0.2) is 13.1 Å². The van der Waals surface area contributed by atoms with Gasteiger partial charge in [-0.05, 0) is 43.8 Å². The van der Waals surface area contributed by atoms with Gasteiger partial charge in [-0.2, -0.15) is 0 Å². The molecule has 1 aromatic rings. The average Bonchev–Trinajstić information content (AvgIpc) is 2.52. The van der Waals surface area contributed by atoms with Crippen LogP contribution >= 0.6 is 0 Å². The summed E-state index contributed by atoms with van der Waals surface area (Å²) in [5.74, 6) is 1.66. The van der Waals surface area contributed by atoms with Gasteiger partial charge in [0, 0.05) is 0 Å². The molecule has 0 radical (unpaired) electrons. The van der Waals surface area contributed by atoms with E-state index >= 15 is 0 Å². The molecule has 0 unspecified atom stereocenters. The molecule has 1 aliphatic rings. The fourth-order valence-electron chi connectivity index (χ4n) is 2.28. The third kappa shape index (κ3) is 2.16. The normalized spacial score (nSPS) is 26.7. The van der Waals surface area contributed by atoms with E-state index in [2.05, 4.69) is 43.4 Å². The van der Waals surface area contributed by atoms with Gasteiger partial charge in [0.1, 0.15) is 0 Å². The van der Waals surface area contributed by atoms with E-state index in [9.17, 15) is 0 Å². The summed E-state index contributed by atoms with van der Waals surface area (Å²) in [5, 5.41) is 3.46. The zero-order valence-corrected chi connectivity index (χ0v) is 9.09. The van der Waals surface area contributed by atoms with Crippen LogP contribution in [-0.2, 0) is 6.42 Å². The zero-order valence-electron chi connectivity index (χ0n) is 9.09. The quantitative estimate of drug-likeness (QED) is 0.753. The van der Waals surface area contributed by atoms with Crippen molar-refractivity contribution in [3.8, 4) is 0 Å². The molecule has 0 bridgehead atoms. The highest BCUT2D eigenvalue weighted by atomic mass is 14.9. The molecule has 2 atom stereocenters. The van der Waals surface area contributed by atoms with E-state index in [1.54, 1.807) is 0 Å². The van der Waals surface area contributed by atoms with Gasteiger partial charge in [-0.1, -0.05) is 36.8 Å². The number of aryl methyl sites for hydroxylation is 1. The SMILES string of the molecule is Cc1cccc(C[C@@H]2CNC[C@H]2C)c1. The summed E-state index contributed by atoms with van der Waals surface area (Å²) < 4.78 is 0. The lowest BCUT2D eigenvalue weighted by molar-refractivity contribution is 0.450. The molecule has 1 heteroatoms. The standard InChI is InChI=1S/C13H19N/c1-10-4-3-5-12(6-10)7-13-9-14-8-11(13)2/h3-6,11,13-14H,7-9H2,1-2H3/t11-,13-/m1/s1. The minimum Gasteiger partial charge on any atom is -0.316 e. The van der Waals surface area contributed by atoms with Crippen molar-refractivity contribution in [2.75, 3.05) is 13.1 Å². The van der Waals surface area contributed by atoms with Gasteiger partial charge in [-0.3, -0.25) is 0 Å². The van der Waals surface area contributed by atoms with Crippen LogP contribution in [0.4, 0.5) is 0 Å². The Kier molecular flexibility index (Phi) is 2.87. The van der Waals surface area contributed by atoms with Crippen LogP contribution < -0.4 is 5.32 Å². The van der Waals surface area contributed by atoms with E-state index in [0.717, 1.165) is 11.8 Å². The van der Waals surface area contributed by atoms with Gasteiger partial charge in [0.2, 0.25) is 0 Å². The molecule has 76 valence electrons. The van der Waals surface area contributed by atoms with Crippen molar-refractivity contribution in [1.82, 2.24) is 5.32 Å². The highest BCUT2D eigenvalue weighted by Gasteiger charge is 2.22. The maximum atomic E-state index is 3.46. The van der Waals surface area contributed by atoms with Crippen LogP contribution in [0.2, 0.25) is 0 Å². The largest absolute Gasteiger partial charge is 0.316 e. The molecule has 0 spiro atoms. The second kappa shape index (κ2) is 4.14. The fraction of sp³-hybridized carbons (Fsp3) is 0.538. The van der Waals surface area contributed by atoms with Gasteiger partial charge in [-0.25, -0.2) is 0 Å². The molecule has 1 fully saturated rings. The van der Waals surface area contributed by atoms with Crippen molar-refractivity contribution in [3.05, 3.63) is 35.4 Å². The van der Waals surface area contributed by atoms with Crippen molar-refractivity contribution in [3.63, 3.8) is 0 Å². The molecule has 1 N–H and O–H groups in total. The maximum Gasteiger partial charge on any atom is -0.00142 e. The fourth-order valence-corrected chi connectivity index (χ4v) is 2.28. The number of rotatable bonds is 2. The Balaban J connectivity index is 2.03. The van der Waals surface area contributed by atoms with Gasteiger partial charge < -0.3 is 5.32 Å². The molecule has 1 nitrogen and oxygen atoms in total. The van der Waals surface area contributed by atoms with E-state index in [4.69, 9.17) is 0 Å². The van der Waals surface area contributed by atoms with Gasteiger partial charge >= 0.3 is 0 Å². The Morgan fingerprint density at radius 1 is 1.36 bits per heavy atom. The number of benzene rings is 1. The average molecular weight is 189 g/mol. The van der Waals surface area contributed by atoms with Crippen molar-refractivity contribution in [2.24, 2.45) is 11.8 Å². The monoisotopic (exact) mass is 189 g/mol. The van der Waals surface area contributed by atoms with Crippen LogP contribution in [0.3, 0.4) is 0 Å². The third-order valence-corrected chi connectivity index (χ3v) is 3.26. The highest BCUT2D eigenvalue weighted by Crippen LogP contribution is 2.21. The summed E-state index contributed by atoms with van der Waals surface area (Å²) in [7, 11) is 0. The summed E-state index contributed by atoms with van der Waals surface area (Å²) in [6.45, 7) is 6.89. The predicted molar refractivity (Wildman–Crippen MR) is 60.4 cm³/mol. The first kappa shape index (κ1) is 9.72. The molecule has 1 heterocycles. The molecule has 0 aliphatic carbocycles. The third-order valence-electron chi connectivity index (χ3n) is 3.26. The molecule has 1 saturated heterocycles. The molecular weight excluding hydrogens is 170 g/mol. The Morgan fingerprint density at radius 3 is 2.86 bits per heavy atom. The lowest BCUT2D eigenvalue weighted by Crippen LogP contribution is -2.12. The molecule has 1 aromatic carbocycles. The summed E-state index contributed by atoms with van der Waals surface area (Å²) in [6.07, 6.45) is 1.23. The molecule has 0 aromatic heterocycles. The lowest BCUT2D eigenvalue weighted by Gasteiger charge is -2.14. The molecule has 1 aliphatic heterocycles. The predicted octanol–water partition coefficient (Wildman–Crippen LogP) is 2.39. The van der Waals surface area contributed by atoms with E-state index in [1.807, 2.05) is 0 Å². The molecule has 14 heavy (non-hydrogen) atoms. The highest BCUT2D eigenvalue weighted by molar-refractivity contribution is 5.22. The van der Waals surface area contributed by atoms with Gasteiger partial charge in [0.25, 0.3) is 0 Å². The molecular formula is C13H19N. The van der Waals surface area contributed by atoms with Gasteiger partial charge in [0.15, 0.2) is 0 Å². The number of hydrogen-bond donors (Lipinski definition) is 1. The topological polar surface area (TPSA) is 12.0 Å². The minimum absolute atomic E-state index is 0.829. The van der Waals surface area contributed by atoms with Gasteiger partial charge in [-0.15, -0.1) is 0 Å². The van der Waals surface area contributed by atoms with Crippen LogP contribution in [0.5, 0.6) is 0 Å². The maximum absolute atomic E-state index is 3.46. The first-order chi connectivity index (χ1) is 6.75. The molecule has 0 saturated carbocycles. The van der Waals surface area contributed by atoms with E-state index < -0.39 is 0 Å². The first-order valence-electron chi connectivity index (χ1n) is 5.52. The van der Waals surface area contributed by atoms with E-state index in [1.165, 1.54) is 30.6 Å². The van der Waals surface area contributed by atoms with Crippen molar-refractivity contribution < 1.29 is 0 Å². The van der Waals surface area contributed by atoms with Crippen molar-refractivity contribution >= 4 is 0 Å². The first-order valence-corrected chi connectivity index (χ1v) is 5.52. The van der Waals surface area contributed by atoms with Crippen LogP contribution in [0.1, 0.15) is 18.1 Å². The summed E-state index contributed by atoms with van der Waals surface area (Å²) in [4.78, 5) is 0. The van der Waals surface area contributed by atoms with Crippen molar-refractivity contribution in [2.45, 2.75) is 20.3 Å².